The van der Waals surface area contributed by atoms with Crippen LogP contribution in [-0.4, -0.2) is 27.6 Å². The number of benzene rings is 1. The minimum atomic E-state index is 0.546. The smallest absolute Gasteiger partial charge is 0.191 e. The topological polar surface area (TPSA) is 52.0 Å². The molecule has 1 aliphatic rings. The number of methoxy groups -OCH3 is 1. The van der Waals surface area contributed by atoms with E-state index in [9.17, 15) is 0 Å². The fourth-order valence-electron chi connectivity index (χ4n) is 3.34. The molecular formula is C19H28N4OS. The minimum Gasteiger partial charge on any atom is -0.497 e. The fraction of sp³-hybridized carbons (Fsp3) is 0.579. The molecule has 0 radical (unpaired) electrons. The van der Waals surface area contributed by atoms with Crippen molar-refractivity contribution in [1.29, 1.82) is 0 Å². The highest BCUT2D eigenvalue weighted by Crippen LogP contribution is 2.33. The van der Waals surface area contributed by atoms with Gasteiger partial charge >= 0.3 is 0 Å². The normalized spacial score (nSPS) is 15.3. The van der Waals surface area contributed by atoms with Gasteiger partial charge in [0.05, 0.1) is 13.7 Å². The second-order valence-corrected chi connectivity index (χ2v) is 7.56. The molecule has 0 aliphatic heterocycles. The largest absolute Gasteiger partial charge is 0.497 e. The van der Waals surface area contributed by atoms with E-state index in [0.717, 1.165) is 34.6 Å². The number of hydrogen-bond donors (Lipinski definition) is 1. The average molecular weight is 361 g/mol. The zero-order valence-electron chi connectivity index (χ0n) is 15.2. The minimum absolute atomic E-state index is 0.546. The van der Waals surface area contributed by atoms with Crippen LogP contribution in [0.15, 0.2) is 29.4 Å². The lowest BCUT2D eigenvalue weighted by atomic mass is 9.95. The maximum Gasteiger partial charge on any atom is 0.191 e. The number of aromatic nitrogens is 3. The number of rotatable bonds is 8. The van der Waals surface area contributed by atoms with Crippen LogP contribution in [0.4, 0.5) is 5.69 Å². The van der Waals surface area contributed by atoms with Crippen LogP contribution in [0, 0.1) is 0 Å². The van der Waals surface area contributed by atoms with Gasteiger partial charge in [0.2, 0.25) is 0 Å². The summed E-state index contributed by atoms with van der Waals surface area (Å²) in [6, 6.07) is 8.56. The Morgan fingerprint density at radius 2 is 2.08 bits per heavy atom. The number of anilines is 1. The van der Waals surface area contributed by atoms with E-state index in [1.807, 2.05) is 30.0 Å². The van der Waals surface area contributed by atoms with Crippen molar-refractivity contribution in [3.05, 3.63) is 30.1 Å². The Morgan fingerprint density at radius 1 is 1.24 bits per heavy atom. The third kappa shape index (κ3) is 4.69. The van der Waals surface area contributed by atoms with Gasteiger partial charge in [0, 0.05) is 23.5 Å². The molecule has 1 aromatic carbocycles. The molecule has 25 heavy (non-hydrogen) atoms. The van der Waals surface area contributed by atoms with Crippen LogP contribution in [0.1, 0.15) is 57.3 Å². The Bertz CT molecular complexity index is 667. The lowest BCUT2D eigenvalue weighted by Gasteiger charge is -2.25. The Kier molecular flexibility index (Phi) is 6.62. The number of nitrogens with one attached hydrogen (secondary N) is 1. The van der Waals surface area contributed by atoms with Gasteiger partial charge in [-0.15, -0.1) is 10.2 Å². The van der Waals surface area contributed by atoms with Crippen molar-refractivity contribution in [2.75, 3.05) is 18.2 Å². The second-order valence-electron chi connectivity index (χ2n) is 6.49. The van der Waals surface area contributed by atoms with Gasteiger partial charge in [0.25, 0.3) is 0 Å². The summed E-state index contributed by atoms with van der Waals surface area (Å²) in [7, 11) is 1.69. The number of ether oxygens (including phenoxy) is 1. The standard InChI is InChI=1S/C19H28N4OS/c1-3-12-25-19-22-21-18(23(19)16-9-5-4-6-10-16)14-20-15-8-7-11-17(13-15)24-2/h7-8,11,13,16,20H,3-6,9-10,12,14H2,1-2H3. The van der Waals surface area contributed by atoms with Crippen LogP contribution in [0.25, 0.3) is 0 Å². The molecule has 1 N–H and O–H groups in total. The van der Waals surface area contributed by atoms with Gasteiger partial charge in [-0.25, -0.2) is 0 Å². The summed E-state index contributed by atoms with van der Waals surface area (Å²) < 4.78 is 7.69. The molecule has 1 heterocycles. The Morgan fingerprint density at radius 3 is 2.84 bits per heavy atom. The molecule has 0 unspecified atom stereocenters. The van der Waals surface area contributed by atoms with E-state index in [2.05, 4.69) is 33.1 Å². The first-order chi connectivity index (χ1) is 12.3. The molecule has 0 amide bonds. The maximum atomic E-state index is 5.30. The average Bonchev–Trinajstić information content (AvgIpc) is 3.08. The third-order valence-electron chi connectivity index (χ3n) is 4.63. The van der Waals surface area contributed by atoms with Crippen LogP contribution in [-0.2, 0) is 6.54 Å². The molecular weight excluding hydrogens is 332 g/mol. The van der Waals surface area contributed by atoms with Gasteiger partial charge in [0.15, 0.2) is 11.0 Å². The predicted molar refractivity (Wildman–Crippen MR) is 103 cm³/mol. The summed E-state index contributed by atoms with van der Waals surface area (Å²) in [6.45, 7) is 2.89. The summed E-state index contributed by atoms with van der Waals surface area (Å²) >= 11 is 1.83. The highest BCUT2D eigenvalue weighted by Gasteiger charge is 2.22. The molecule has 1 aromatic heterocycles. The summed E-state index contributed by atoms with van der Waals surface area (Å²) in [6.07, 6.45) is 7.60. The third-order valence-corrected chi connectivity index (χ3v) is 5.78. The molecule has 1 fully saturated rings. The first-order valence-corrected chi connectivity index (χ1v) is 10.2. The monoisotopic (exact) mass is 360 g/mol. The Balaban J connectivity index is 1.75. The second kappa shape index (κ2) is 9.13. The van der Waals surface area contributed by atoms with E-state index in [0.29, 0.717) is 12.6 Å². The van der Waals surface area contributed by atoms with Crippen molar-refractivity contribution in [1.82, 2.24) is 14.8 Å². The van der Waals surface area contributed by atoms with E-state index in [1.54, 1.807) is 7.11 Å². The molecule has 0 bridgehead atoms. The van der Waals surface area contributed by atoms with Crippen molar-refractivity contribution in [2.45, 2.75) is 63.2 Å². The highest BCUT2D eigenvalue weighted by atomic mass is 32.2. The number of thioether (sulfide) groups is 1. The summed E-state index contributed by atoms with van der Waals surface area (Å²) in [5, 5.41) is 13.5. The van der Waals surface area contributed by atoms with Gasteiger partial charge in [-0.2, -0.15) is 0 Å². The number of nitrogens with zero attached hydrogens (tertiary/aromatic N) is 3. The van der Waals surface area contributed by atoms with E-state index in [4.69, 9.17) is 4.74 Å². The van der Waals surface area contributed by atoms with Gasteiger partial charge < -0.3 is 14.6 Å². The first-order valence-electron chi connectivity index (χ1n) is 9.26. The van der Waals surface area contributed by atoms with Gasteiger partial charge in [-0.1, -0.05) is 44.0 Å². The van der Waals surface area contributed by atoms with Gasteiger partial charge in [-0.05, 0) is 31.4 Å². The molecule has 136 valence electrons. The van der Waals surface area contributed by atoms with E-state index in [1.165, 1.54) is 32.1 Å². The van der Waals surface area contributed by atoms with E-state index in [-0.39, 0.29) is 0 Å². The number of hydrogen-bond acceptors (Lipinski definition) is 5. The van der Waals surface area contributed by atoms with Crippen molar-refractivity contribution in [2.24, 2.45) is 0 Å². The van der Waals surface area contributed by atoms with E-state index >= 15 is 0 Å². The fourth-order valence-corrected chi connectivity index (χ4v) is 4.22. The van der Waals surface area contributed by atoms with Gasteiger partial charge in [0.1, 0.15) is 5.75 Å². The van der Waals surface area contributed by atoms with Crippen molar-refractivity contribution in [3.63, 3.8) is 0 Å². The van der Waals surface area contributed by atoms with Crippen LogP contribution in [0.2, 0.25) is 0 Å². The molecule has 3 rings (SSSR count). The Hall–Kier alpha value is -1.69. The zero-order valence-corrected chi connectivity index (χ0v) is 16.0. The lowest BCUT2D eigenvalue weighted by molar-refractivity contribution is 0.330. The van der Waals surface area contributed by atoms with Crippen LogP contribution in [0.5, 0.6) is 5.75 Å². The highest BCUT2D eigenvalue weighted by molar-refractivity contribution is 7.99. The molecule has 6 heteroatoms. The molecule has 1 saturated carbocycles. The van der Waals surface area contributed by atoms with Crippen LogP contribution >= 0.6 is 11.8 Å². The first kappa shape index (κ1) is 18.1. The molecule has 1 aliphatic carbocycles. The summed E-state index contributed by atoms with van der Waals surface area (Å²) in [5.74, 6) is 2.99. The van der Waals surface area contributed by atoms with Crippen LogP contribution in [0.3, 0.4) is 0 Å². The Labute approximate surface area is 154 Å². The zero-order chi connectivity index (χ0) is 17.5. The molecule has 2 aromatic rings. The maximum absolute atomic E-state index is 5.30. The summed E-state index contributed by atoms with van der Waals surface area (Å²) in [5.41, 5.74) is 1.04. The van der Waals surface area contributed by atoms with E-state index < -0.39 is 0 Å². The molecule has 0 spiro atoms. The van der Waals surface area contributed by atoms with Crippen molar-refractivity contribution < 1.29 is 4.74 Å². The van der Waals surface area contributed by atoms with Crippen molar-refractivity contribution in [3.8, 4) is 5.75 Å². The lowest BCUT2D eigenvalue weighted by Crippen LogP contribution is -2.18. The SMILES string of the molecule is CCCSc1nnc(CNc2cccc(OC)c2)n1C1CCCCC1. The van der Waals surface area contributed by atoms with Gasteiger partial charge in [-0.3, -0.25) is 0 Å². The molecule has 5 nitrogen and oxygen atoms in total. The van der Waals surface area contributed by atoms with Crippen LogP contribution < -0.4 is 10.1 Å². The quantitative estimate of drug-likeness (QED) is 0.678. The predicted octanol–water partition coefficient (Wildman–Crippen LogP) is 4.91. The molecule has 0 saturated heterocycles. The molecule has 0 atom stereocenters. The van der Waals surface area contributed by atoms with Crippen molar-refractivity contribution >= 4 is 17.4 Å². The summed E-state index contributed by atoms with van der Waals surface area (Å²) in [4.78, 5) is 0.